The molecule has 0 amide bonds. The zero-order valence-electron chi connectivity index (χ0n) is 10.6. The lowest BCUT2D eigenvalue weighted by atomic mass is 9.94. The number of aromatic nitrogens is 2. The molecular formula is C12H22N4O. The highest BCUT2D eigenvalue weighted by atomic mass is 16.5. The van der Waals surface area contributed by atoms with Gasteiger partial charge >= 0.3 is 0 Å². The van der Waals surface area contributed by atoms with Crippen LogP contribution in [-0.4, -0.2) is 41.7 Å². The monoisotopic (exact) mass is 238 g/mol. The molecule has 1 fully saturated rings. The molecule has 0 aliphatic carbocycles. The smallest absolute Gasteiger partial charge is 0.226 e. The Kier molecular flexibility index (Phi) is 4.50. The first-order valence-corrected chi connectivity index (χ1v) is 6.48. The van der Waals surface area contributed by atoms with Crippen LogP contribution < -0.4 is 5.73 Å². The van der Waals surface area contributed by atoms with Crippen LogP contribution in [0.5, 0.6) is 0 Å². The maximum absolute atomic E-state index is 5.45. The van der Waals surface area contributed by atoms with E-state index < -0.39 is 0 Å². The van der Waals surface area contributed by atoms with E-state index in [1.165, 1.54) is 25.9 Å². The first-order chi connectivity index (χ1) is 8.28. The molecule has 1 aliphatic rings. The number of nitrogens with two attached hydrogens (primary N) is 1. The lowest BCUT2D eigenvalue weighted by molar-refractivity contribution is 0.208. The quantitative estimate of drug-likeness (QED) is 0.823. The molecule has 0 radical (unpaired) electrons. The van der Waals surface area contributed by atoms with Gasteiger partial charge in [0, 0.05) is 12.8 Å². The van der Waals surface area contributed by atoms with Gasteiger partial charge in [0.05, 0.1) is 0 Å². The van der Waals surface area contributed by atoms with Crippen LogP contribution in [-0.2, 0) is 12.8 Å². The number of hydrogen-bond acceptors (Lipinski definition) is 5. The van der Waals surface area contributed by atoms with Gasteiger partial charge in [-0.25, -0.2) is 0 Å². The Bertz CT molecular complexity index is 331. The molecule has 0 saturated carbocycles. The molecule has 2 rings (SSSR count). The summed E-state index contributed by atoms with van der Waals surface area (Å²) in [6.45, 7) is 3.04. The molecule has 0 unspecified atom stereocenters. The number of nitrogens with zero attached hydrogens (tertiary/aromatic N) is 3. The molecular weight excluding hydrogens is 216 g/mol. The summed E-state index contributed by atoms with van der Waals surface area (Å²) < 4.78 is 5.28. The molecule has 2 heterocycles. The Labute approximate surface area is 102 Å². The van der Waals surface area contributed by atoms with Crippen molar-refractivity contribution >= 4 is 0 Å². The van der Waals surface area contributed by atoms with Crippen molar-refractivity contribution in [1.29, 1.82) is 0 Å². The molecule has 0 atom stereocenters. The van der Waals surface area contributed by atoms with Gasteiger partial charge in [-0.15, -0.1) is 0 Å². The molecule has 1 aromatic rings. The van der Waals surface area contributed by atoms with Crippen LogP contribution in [0.4, 0.5) is 0 Å². The minimum Gasteiger partial charge on any atom is -0.339 e. The van der Waals surface area contributed by atoms with Crippen LogP contribution in [0.1, 0.15) is 31.0 Å². The van der Waals surface area contributed by atoms with E-state index in [2.05, 4.69) is 22.1 Å². The number of piperidine rings is 1. The minimum absolute atomic E-state index is 0.679. The third-order valence-corrected chi connectivity index (χ3v) is 3.42. The average Bonchev–Trinajstić information content (AvgIpc) is 2.77. The molecule has 0 spiro atoms. The fourth-order valence-corrected chi connectivity index (χ4v) is 2.25. The third kappa shape index (κ3) is 3.78. The van der Waals surface area contributed by atoms with Gasteiger partial charge in [0.1, 0.15) is 0 Å². The highest BCUT2D eigenvalue weighted by Gasteiger charge is 2.19. The fourth-order valence-electron chi connectivity index (χ4n) is 2.25. The normalized spacial score (nSPS) is 18.7. The topological polar surface area (TPSA) is 68.2 Å². The van der Waals surface area contributed by atoms with Crippen molar-refractivity contribution in [2.45, 2.75) is 32.1 Å². The molecule has 1 saturated heterocycles. The number of likely N-dealkylation sites (tertiary alicyclic amines) is 1. The summed E-state index contributed by atoms with van der Waals surface area (Å²) in [4.78, 5) is 6.79. The summed E-state index contributed by atoms with van der Waals surface area (Å²) in [5.41, 5.74) is 5.45. The molecule has 0 bridgehead atoms. The van der Waals surface area contributed by atoms with Crippen LogP contribution in [0.15, 0.2) is 4.52 Å². The van der Waals surface area contributed by atoms with Gasteiger partial charge in [-0.3, -0.25) is 0 Å². The molecule has 0 aromatic carbocycles. The van der Waals surface area contributed by atoms with Crippen molar-refractivity contribution in [3.05, 3.63) is 11.7 Å². The SMILES string of the molecule is CN1CCC(Cc2nc(CCCN)no2)CC1. The average molecular weight is 238 g/mol. The zero-order valence-corrected chi connectivity index (χ0v) is 10.6. The Morgan fingerprint density at radius 3 is 2.88 bits per heavy atom. The number of hydrogen-bond donors (Lipinski definition) is 1. The van der Waals surface area contributed by atoms with Crippen LogP contribution >= 0.6 is 0 Å². The summed E-state index contributed by atoms with van der Waals surface area (Å²) in [7, 11) is 2.17. The van der Waals surface area contributed by atoms with E-state index in [1.807, 2.05) is 0 Å². The summed E-state index contributed by atoms with van der Waals surface area (Å²) in [5, 5.41) is 3.98. The second-order valence-corrected chi connectivity index (χ2v) is 4.95. The number of rotatable bonds is 5. The van der Waals surface area contributed by atoms with Gasteiger partial charge < -0.3 is 15.2 Å². The first kappa shape index (κ1) is 12.5. The van der Waals surface area contributed by atoms with E-state index in [0.29, 0.717) is 12.5 Å². The predicted octanol–water partition coefficient (Wildman–Crippen LogP) is 0.845. The highest BCUT2D eigenvalue weighted by molar-refractivity contribution is 4.89. The Morgan fingerprint density at radius 2 is 2.18 bits per heavy atom. The van der Waals surface area contributed by atoms with Gasteiger partial charge in [0.25, 0.3) is 0 Å². The van der Waals surface area contributed by atoms with Crippen molar-refractivity contribution in [2.24, 2.45) is 11.7 Å². The fraction of sp³-hybridized carbons (Fsp3) is 0.833. The van der Waals surface area contributed by atoms with E-state index in [-0.39, 0.29) is 0 Å². The van der Waals surface area contributed by atoms with Crippen LogP contribution in [0.2, 0.25) is 0 Å². The second-order valence-electron chi connectivity index (χ2n) is 4.95. The molecule has 1 aromatic heterocycles. The van der Waals surface area contributed by atoms with E-state index in [1.54, 1.807) is 0 Å². The molecule has 17 heavy (non-hydrogen) atoms. The number of aryl methyl sites for hydroxylation is 1. The van der Waals surface area contributed by atoms with Gasteiger partial charge in [0.2, 0.25) is 5.89 Å². The lowest BCUT2D eigenvalue weighted by Gasteiger charge is -2.27. The van der Waals surface area contributed by atoms with Gasteiger partial charge in [-0.2, -0.15) is 4.98 Å². The molecule has 96 valence electrons. The standard InChI is InChI=1S/C12H22N4O/c1-16-7-4-10(5-8-16)9-12-14-11(15-17-12)3-2-6-13/h10H,2-9,13H2,1H3. The maximum atomic E-state index is 5.45. The highest BCUT2D eigenvalue weighted by Crippen LogP contribution is 2.20. The van der Waals surface area contributed by atoms with Gasteiger partial charge in [-0.05, 0) is 51.9 Å². The molecule has 5 nitrogen and oxygen atoms in total. The molecule has 2 N–H and O–H groups in total. The maximum Gasteiger partial charge on any atom is 0.226 e. The summed E-state index contributed by atoms with van der Waals surface area (Å²) >= 11 is 0. The summed E-state index contributed by atoms with van der Waals surface area (Å²) in [6, 6.07) is 0. The third-order valence-electron chi connectivity index (χ3n) is 3.42. The van der Waals surface area contributed by atoms with Gasteiger partial charge in [0.15, 0.2) is 5.82 Å². The Balaban J connectivity index is 1.80. The molecule has 1 aliphatic heterocycles. The van der Waals surface area contributed by atoms with Crippen LogP contribution in [0.3, 0.4) is 0 Å². The van der Waals surface area contributed by atoms with Crippen molar-refractivity contribution in [3.8, 4) is 0 Å². The minimum atomic E-state index is 0.679. The van der Waals surface area contributed by atoms with Crippen LogP contribution in [0.25, 0.3) is 0 Å². The summed E-state index contributed by atoms with van der Waals surface area (Å²) in [6.07, 6.45) is 5.15. The van der Waals surface area contributed by atoms with E-state index in [0.717, 1.165) is 31.0 Å². The van der Waals surface area contributed by atoms with Crippen molar-refractivity contribution in [2.75, 3.05) is 26.7 Å². The molecule has 5 heteroatoms. The largest absolute Gasteiger partial charge is 0.339 e. The van der Waals surface area contributed by atoms with Crippen molar-refractivity contribution in [3.63, 3.8) is 0 Å². The van der Waals surface area contributed by atoms with E-state index >= 15 is 0 Å². The van der Waals surface area contributed by atoms with E-state index in [4.69, 9.17) is 10.3 Å². The van der Waals surface area contributed by atoms with Crippen molar-refractivity contribution < 1.29 is 4.52 Å². The summed E-state index contributed by atoms with van der Waals surface area (Å²) in [5.74, 6) is 2.30. The Morgan fingerprint density at radius 1 is 1.41 bits per heavy atom. The van der Waals surface area contributed by atoms with Crippen LogP contribution in [0, 0.1) is 5.92 Å². The predicted molar refractivity (Wildman–Crippen MR) is 65.6 cm³/mol. The Hall–Kier alpha value is -0.940. The van der Waals surface area contributed by atoms with Crippen molar-refractivity contribution in [1.82, 2.24) is 15.0 Å². The second kappa shape index (κ2) is 6.12. The first-order valence-electron chi connectivity index (χ1n) is 6.48. The lowest BCUT2D eigenvalue weighted by Crippen LogP contribution is -2.30. The van der Waals surface area contributed by atoms with Gasteiger partial charge in [-0.1, -0.05) is 5.16 Å². The van der Waals surface area contributed by atoms with E-state index in [9.17, 15) is 0 Å². The zero-order chi connectivity index (χ0) is 12.1.